The Labute approximate surface area is 58.1 Å². The highest BCUT2D eigenvalue weighted by molar-refractivity contribution is 4.87. The second kappa shape index (κ2) is 3.21. The van der Waals surface area contributed by atoms with Crippen LogP contribution in [0.25, 0.3) is 0 Å². The molecule has 0 saturated heterocycles. The van der Waals surface area contributed by atoms with Crippen molar-refractivity contribution in [1.82, 2.24) is 0 Å². The Morgan fingerprint density at radius 1 is 1.44 bits per heavy atom. The molecule has 0 fully saturated rings. The minimum Gasteiger partial charge on any atom is -0.563 e. The maximum atomic E-state index is 9.13. The van der Waals surface area contributed by atoms with E-state index in [-0.39, 0.29) is 5.41 Å². The molecule has 1 nitrogen and oxygen atoms in total. The molecule has 0 unspecified atom stereocenters. The molecule has 0 saturated carbocycles. The standard InChI is InChI=1S/C8H17O/c1-5-6-8(3,4)7(2)9/h9H,5-6H2,1-4H3/q-1. The van der Waals surface area contributed by atoms with Crippen molar-refractivity contribution in [3.05, 3.63) is 6.10 Å². The van der Waals surface area contributed by atoms with E-state index in [0.717, 1.165) is 12.8 Å². The van der Waals surface area contributed by atoms with Crippen LogP contribution in [0.15, 0.2) is 0 Å². The monoisotopic (exact) mass is 129 g/mol. The van der Waals surface area contributed by atoms with E-state index >= 15 is 0 Å². The fourth-order valence-corrected chi connectivity index (χ4v) is 0.806. The van der Waals surface area contributed by atoms with Gasteiger partial charge in [-0.1, -0.05) is 33.6 Å². The number of hydrogen-bond donors (Lipinski definition) is 1. The minimum absolute atomic E-state index is 0.0226. The van der Waals surface area contributed by atoms with Gasteiger partial charge in [0.2, 0.25) is 0 Å². The zero-order chi connectivity index (χ0) is 7.49. The highest BCUT2D eigenvalue weighted by atomic mass is 16.3. The fraction of sp³-hybridized carbons (Fsp3) is 0.875. The number of aliphatic hydroxyl groups excluding tert-OH is 1. The van der Waals surface area contributed by atoms with Crippen molar-refractivity contribution in [2.45, 2.75) is 40.5 Å². The van der Waals surface area contributed by atoms with Crippen molar-refractivity contribution in [2.75, 3.05) is 0 Å². The van der Waals surface area contributed by atoms with Gasteiger partial charge in [-0.15, -0.1) is 5.41 Å². The summed E-state index contributed by atoms with van der Waals surface area (Å²) in [6, 6.07) is 0. The first kappa shape index (κ1) is 8.96. The molecule has 0 aromatic rings. The largest absolute Gasteiger partial charge is 0.563 e. The fourth-order valence-electron chi connectivity index (χ4n) is 0.806. The van der Waals surface area contributed by atoms with Crippen LogP contribution in [0.3, 0.4) is 0 Å². The first-order valence-corrected chi connectivity index (χ1v) is 3.53. The van der Waals surface area contributed by atoms with Crippen molar-refractivity contribution < 1.29 is 5.11 Å². The third-order valence-electron chi connectivity index (χ3n) is 1.85. The van der Waals surface area contributed by atoms with Gasteiger partial charge in [-0.25, -0.2) is 0 Å². The summed E-state index contributed by atoms with van der Waals surface area (Å²) >= 11 is 0. The second-order valence-electron chi connectivity index (χ2n) is 3.22. The predicted octanol–water partition coefficient (Wildman–Crippen LogP) is 2.74. The van der Waals surface area contributed by atoms with E-state index in [1.54, 1.807) is 6.92 Å². The van der Waals surface area contributed by atoms with Crippen LogP contribution >= 0.6 is 0 Å². The lowest BCUT2D eigenvalue weighted by Crippen LogP contribution is -2.18. The van der Waals surface area contributed by atoms with Gasteiger partial charge in [-0.2, -0.15) is 13.0 Å². The SMILES string of the molecule is CCCC(C)(C)[C-](C)O. The average molecular weight is 129 g/mol. The molecular formula is C8H17O-. The summed E-state index contributed by atoms with van der Waals surface area (Å²) in [6.07, 6.45) is 2.74. The lowest BCUT2D eigenvalue weighted by atomic mass is 9.83. The molecule has 0 aliphatic carbocycles. The Bertz CT molecular complexity index is 74.6. The molecule has 0 spiro atoms. The smallest absolute Gasteiger partial charge is 0.0580 e. The summed E-state index contributed by atoms with van der Waals surface area (Å²) in [7, 11) is 0. The predicted molar refractivity (Wildman–Crippen MR) is 39.5 cm³/mol. The van der Waals surface area contributed by atoms with E-state index in [1.807, 2.05) is 0 Å². The first-order chi connectivity index (χ1) is 4.00. The zero-order valence-electron chi connectivity index (χ0n) is 6.86. The summed E-state index contributed by atoms with van der Waals surface area (Å²) in [6.45, 7) is 8.03. The lowest BCUT2D eigenvalue weighted by molar-refractivity contribution is 0.161. The van der Waals surface area contributed by atoms with Crippen LogP contribution < -0.4 is 0 Å². The molecule has 0 aromatic heterocycles. The van der Waals surface area contributed by atoms with Gasteiger partial charge in [0.15, 0.2) is 0 Å². The van der Waals surface area contributed by atoms with Gasteiger partial charge in [0.25, 0.3) is 0 Å². The Balaban J connectivity index is 3.70. The molecule has 0 aromatic carbocycles. The average Bonchev–Trinajstić information content (AvgIpc) is 1.65. The van der Waals surface area contributed by atoms with Crippen LogP contribution in [0.1, 0.15) is 40.5 Å². The topological polar surface area (TPSA) is 20.2 Å². The Hall–Kier alpha value is -0.0400. The van der Waals surface area contributed by atoms with Crippen LogP contribution in [0.2, 0.25) is 0 Å². The Morgan fingerprint density at radius 2 is 1.89 bits per heavy atom. The summed E-state index contributed by atoms with van der Waals surface area (Å²) in [5, 5.41) is 9.13. The van der Waals surface area contributed by atoms with Gasteiger partial charge in [0.1, 0.15) is 0 Å². The normalized spacial score (nSPS) is 12.7. The third kappa shape index (κ3) is 2.85. The maximum absolute atomic E-state index is 9.13. The molecule has 56 valence electrons. The van der Waals surface area contributed by atoms with Crippen LogP contribution in [0, 0.1) is 11.5 Å². The molecule has 0 amide bonds. The van der Waals surface area contributed by atoms with Crippen molar-refractivity contribution in [3.8, 4) is 0 Å². The first-order valence-electron chi connectivity index (χ1n) is 3.53. The highest BCUT2D eigenvalue weighted by Crippen LogP contribution is 2.30. The van der Waals surface area contributed by atoms with E-state index in [4.69, 9.17) is 5.11 Å². The zero-order valence-corrected chi connectivity index (χ0v) is 6.86. The van der Waals surface area contributed by atoms with Crippen LogP contribution in [-0.4, -0.2) is 5.11 Å². The number of hydrogen-bond acceptors (Lipinski definition) is 1. The van der Waals surface area contributed by atoms with E-state index in [2.05, 4.69) is 20.8 Å². The summed E-state index contributed by atoms with van der Waals surface area (Å²) in [5.41, 5.74) is 0.0226. The van der Waals surface area contributed by atoms with E-state index in [1.165, 1.54) is 0 Å². The van der Waals surface area contributed by atoms with Gasteiger partial charge in [-0.3, -0.25) is 0 Å². The summed E-state index contributed by atoms with van der Waals surface area (Å²) in [4.78, 5) is 0. The highest BCUT2D eigenvalue weighted by Gasteiger charge is 2.10. The van der Waals surface area contributed by atoms with E-state index in [0.29, 0.717) is 6.10 Å². The number of aliphatic hydroxyl groups is 1. The van der Waals surface area contributed by atoms with Gasteiger partial charge in [0.05, 0.1) is 0 Å². The van der Waals surface area contributed by atoms with E-state index < -0.39 is 0 Å². The van der Waals surface area contributed by atoms with Gasteiger partial charge < -0.3 is 5.11 Å². The molecule has 1 heteroatoms. The molecule has 0 atom stereocenters. The van der Waals surface area contributed by atoms with Crippen LogP contribution in [-0.2, 0) is 0 Å². The summed E-state index contributed by atoms with van der Waals surface area (Å²) in [5.74, 6) is 0. The van der Waals surface area contributed by atoms with Crippen molar-refractivity contribution in [2.24, 2.45) is 5.41 Å². The third-order valence-corrected chi connectivity index (χ3v) is 1.85. The van der Waals surface area contributed by atoms with E-state index in [9.17, 15) is 0 Å². The molecule has 9 heavy (non-hydrogen) atoms. The van der Waals surface area contributed by atoms with Gasteiger partial charge in [0, 0.05) is 0 Å². The Morgan fingerprint density at radius 3 is 2.00 bits per heavy atom. The lowest BCUT2D eigenvalue weighted by Gasteiger charge is -2.39. The Kier molecular flexibility index (Phi) is 3.20. The maximum Gasteiger partial charge on any atom is -0.0580 e. The van der Waals surface area contributed by atoms with Gasteiger partial charge in [-0.05, 0) is 0 Å². The molecular weight excluding hydrogens is 112 g/mol. The quantitative estimate of drug-likeness (QED) is 0.581. The molecule has 1 N–H and O–H groups in total. The summed E-state index contributed by atoms with van der Waals surface area (Å²) < 4.78 is 0. The van der Waals surface area contributed by atoms with Gasteiger partial charge >= 0.3 is 0 Å². The molecule has 0 aliphatic rings. The van der Waals surface area contributed by atoms with Crippen LogP contribution in [0.5, 0.6) is 0 Å². The van der Waals surface area contributed by atoms with Crippen LogP contribution in [0.4, 0.5) is 0 Å². The molecule has 0 bridgehead atoms. The minimum atomic E-state index is 0.0226. The van der Waals surface area contributed by atoms with Crippen molar-refractivity contribution in [1.29, 1.82) is 0 Å². The second-order valence-corrected chi connectivity index (χ2v) is 3.22. The molecule has 0 aliphatic heterocycles. The molecule has 0 rings (SSSR count). The molecule has 0 radical (unpaired) electrons. The molecule has 0 heterocycles. The number of rotatable bonds is 3. The van der Waals surface area contributed by atoms with Crippen molar-refractivity contribution >= 4 is 0 Å². The van der Waals surface area contributed by atoms with Crippen molar-refractivity contribution in [3.63, 3.8) is 0 Å².